The molecule has 0 spiro atoms. The van der Waals surface area contributed by atoms with E-state index in [1.165, 1.54) is 18.9 Å². The van der Waals surface area contributed by atoms with E-state index in [1.807, 2.05) is 0 Å². The van der Waals surface area contributed by atoms with Crippen LogP contribution in [0.4, 0.5) is 0 Å². The van der Waals surface area contributed by atoms with Crippen LogP contribution in [0.25, 0.3) is 0 Å². The highest BCUT2D eigenvalue weighted by Crippen LogP contribution is 2.33. The monoisotopic (exact) mass is 362 g/mol. The van der Waals surface area contributed by atoms with Crippen molar-refractivity contribution in [2.45, 2.75) is 18.7 Å². The zero-order valence-electron chi connectivity index (χ0n) is 8.91. The van der Waals surface area contributed by atoms with Gasteiger partial charge in [0.25, 0.3) is 0 Å². The van der Waals surface area contributed by atoms with E-state index in [-0.39, 0.29) is 5.38 Å². The summed E-state index contributed by atoms with van der Waals surface area (Å²) in [5, 5.41) is -0.0118. The summed E-state index contributed by atoms with van der Waals surface area (Å²) in [5.41, 5.74) is 1.17. The zero-order valence-corrected chi connectivity index (χ0v) is 12.6. The predicted octanol–water partition coefficient (Wildman–Crippen LogP) is 5.24. The number of hydrogen-bond donors (Lipinski definition) is 0. The van der Waals surface area contributed by atoms with Crippen molar-refractivity contribution in [2.24, 2.45) is 0 Å². The molecule has 3 heteroatoms. The molecule has 1 atom stereocenters. The summed E-state index contributed by atoms with van der Waals surface area (Å²) in [6.45, 7) is 2.17. The fourth-order valence-corrected chi connectivity index (χ4v) is 3.19. The number of rotatable bonds is 3. The summed E-state index contributed by atoms with van der Waals surface area (Å²) in [5.74, 6) is 0. The highest BCUT2D eigenvalue weighted by molar-refractivity contribution is 14.1. The number of thiophene rings is 1. The lowest BCUT2D eigenvalue weighted by Crippen LogP contribution is -1.89. The summed E-state index contributed by atoms with van der Waals surface area (Å²) >= 11 is 10.6. The summed E-state index contributed by atoms with van der Waals surface area (Å²) in [6.07, 6.45) is 1.08. The Labute approximate surface area is 119 Å². The second-order valence-corrected chi connectivity index (χ2v) is 6.45. The highest BCUT2D eigenvalue weighted by atomic mass is 127. The first-order valence-corrected chi connectivity index (χ1v) is 7.52. The van der Waals surface area contributed by atoms with E-state index in [4.69, 9.17) is 11.6 Å². The maximum atomic E-state index is 6.46. The lowest BCUT2D eigenvalue weighted by atomic mass is 10.1. The Morgan fingerprint density at radius 2 is 1.88 bits per heavy atom. The van der Waals surface area contributed by atoms with Crippen LogP contribution in [0.1, 0.15) is 27.6 Å². The lowest BCUT2D eigenvalue weighted by Gasteiger charge is -2.07. The predicted molar refractivity (Wildman–Crippen MR) is 80.6 cm³/mol. The van der Waals surface area contributed by atoms with E-state index in [2.05, 4.69) is 65.9 Å². The molecule has 0 amide bonds. The summed E-state index contributed by atoms with van der Waals surface area (Å²) in [4.78, 5) is 2.63. The maximum Gasteiger partial charge on any atom is 0.0927 e. The number of halogens is 2. The van der Waals surface area contributed by atoms with Crippen LogP contribution in [0.3, 0.4) is 0 Å². The normalized spacial score (nSPS) is 12.7. The second-order valence-electron chi connectivity index (χ2n) is 3.57. The second kappa shape index (κ2) is 5.52. The van der Waals surface area contributed by atoms with Crippen molar-refractivity contribution in [3.05, 3.63) is 55.3 Å². The molecule has 0 saturated carbocycles. The molecule has 0 N–H and O–H groups in total. The van der Waals surface area contributed by atoms with Crippen molar-refractivity contribution in [3.63, 3.8) is 0 Å². The van der Waals surface area contributed by atoms with Gasteiger partial charge in [-0.05, 0) is 58.8 Å². The van der Waals surface area contributed by atoms with E-state index >= 15 is 0 Å². The first-order valence-electron chi connectivity index (χ1n) is 5.19. The first kappa shape index (κ1) is 12.4. The molecule has 1 aromatic heterocycles. The van der Waals surface area contributed by atoms with Crippen LogP contribution in [0.15, 0.2) is 36.4 Å². The Hall–Kier alpha value is -0.0600. The largest absolute Gasteiger partial charge is 0.143 e. The third kappa shape index (κ3) is 2.79. The molecule has 1 aromatic carbocycles. The van der Waals surface area contributed by atoms with Gasteiger partial charge in [0.15, 0.2) is 0 Å². The molecule has 84 valence electrons. The topological polar surface area (TPSA) is 0 Å². The maximum absolute atomic E-state index is 6.46. The third-order valence-corrected chi connectivity index (χ3v) is 5.07. The summed E-state index contributed by atoms with van der Waals surface area (Å²) < 4.78 is 1.24. The van der Waals surface area contributed by atoms with Crippen LogP contribution in [-0.2, 0) is 6.42 Å². The zero-order chi connectivity index (χ0) is 11.5. The average molecular weight is 363 g/mol. The van der Waals surface area contributed by atoms with E-state index < -0.39 is 0 Å². The van der Waals surface area contributed by atoms with Crippen LogP contribution in [0.2, 0.25) is 0 Å². The molecule has 1 unspecified atom stereocenters. The Bertz CT molecular complexity index is 461. The Balaban J connectivity index is 2.24. The van der Waals surface area contributed by atoms with Gasteiger partial charge in [-0.3, -0.25) is 0 Å². The first-order chi connectivity index (χ1) is 7.70. The van der Waals surface area contributed by atoms with Crippen molar-refractivity contribution in [3.8, 4) is 0 Å². The number of alkyl halides is 1. The van der Waals surface area contributed by atoms with E-state index in [1.54, 1.807) is 11.3 Å². The molecule has 0 saturated heterocycles. The number of benzene rings is 1. The molecule has 2 rings (SSSR count). The number of aryl methyl sites for hydroxylation is 1. The SMILES string of the molecule is CCc1ccc(C(Cl)c2ccc(I)cc2)s1. The molecule has 0 fully saturated rings. The van der Waals surface area contributed by atoms with Crippen LogP contribution in [0, 0.1) is 3.57 Å². The van der Waals surface area contributed by atoms with Gasteiger partial charge < -0.3 is 0 Å². The Morgan fingerprint density at radius 1 is 1.19 bits per heavy atom. The fourth-order valence-electron chi connectivity index (χ4n) is 1.52. The molecule has 0 aliphatic heterocycles. The van der Waals surface area contributed by atoms with E-state index in [9.17, 15) is 0 Å². The molecule has 0 aliphatic carbocycles. The van der Waals surface area contributed by atoms with Crippen LogP contribution in [-0.4, -0.2) is 0 Å². The van der Waals surface area contributed by atoms with Crippen molar-refractivity contribution in [1.82, 2.24) is 0 Å². The van der Waals surface area contributed by atoms with E-state index in [0.717, 1.165) is 6.42 Å². The van der Waals surface area contributed by atoms with Gasteiger partial charge in [-0.2, -0.15) is 0 Å². The van der Waals surface area contributed by atoms with Gasteiger partial charge in [-0.25, -0.2) is 0 Å². The minimum Gasteiger partial charge on any atom is -0.143 e. The van der Waals surface area contributed by atoms with Gasteiger partial charge in [0.2, 0.25) is 0 Å². The molecular formula is C13H12ClIS. The van der Waals surface area contributed by atoms with Gasteiger partial charge in [0.05, 0.1) is 5.38 Å². The molecule has 0 radical (unpaired) electrons. The molecular weight excluding hydrogens is 351 g/mol. The standard InChI is InChI=1S/C13H12ClIS/c1-2-11-7-8-12(16-11)13(14)9-3-5-10(15)6-4-9/h3-8,13H,2H2,1H3. The van der Waals surface area contributed by atoms with Crippen molar-refractivity contribution >= 4 is 45.5 Å². The van der Waals surface area contributed by atoms with Gasteiger partial charge in [-0.15, -0.1) is 22.9 Å². The summed E-state index contributed by atoms with van der Waals surface area (Å²) in [7, 11) is 0. The van der Waals surface area contributed by atoms with Crippen LogP contribution >= 0.6 is 45.5 Å². The van der Waals surface area contributed by atoms with Crippen LogP contribution in [0.5, 0.6) is 0 Å². The highest BCUT2D eigenvalue weighted by Gasteiger charge is 2.12. The third-order valence-electron chi connectivity index (χ3n) is 2.44. The minimum atomic E-state index is -0.0118. The Kier molecular flexibility index (Phi) is 4.27. The molecule has 1 heterocycles. The van der Waals surface area contributed by atoms with Gasteiger partial charge in [0.1, 0.15) is 0 Å². The molecule has 16 heavy (non-hydrogen) atoms. The van der Waals surface area contributed by atoms with Crippen molar-refractivity contribution in [1.29, 1.82) is 0 Å². The Morgan fingerprint density at radius 3 is 2.44 bits per heavy atom. The molecule has 2 aromatic rings. The van der Waals surface area contributed by atoms with Gasteiger partial charge >= 0.3 is 0 Å². The quantitative estimate of drug-likeness (QED) is 0.517. The number of hydrogen-bond acceptors (Lipinski definition) is 1. The summed E-state index contributed by atoms with van der Waals surface area (Å²) in [6, 6.07) is 12.7. The smallest absolute Gasteiger partial charge is 0.0927 e. The van der Waals surface area contributed by atoms with Crippen molar-refractivity contribution < 1.29 is 0 Å². The molecule has 0 aliphatic rings. The minimum absolute atomic E-state index is 0.0118. The van der Waals surface area contributed by atoms with Crippen LogP contribution < -0.4 is 0 Å². The molecule has 0 nitrogen and oxygen atoms in total. The fraction of sp³-hybridized carbons (Fsp3) is 0.231. The van der Waals surface area contributed by atoms with Gasteiger partial charge in [0, 0.05) is 13.3 Å². The average Bonchev–Trinajstić information content (AvgIpc) is 2.77. The van der Waals surface area contributed by atoms with Crippen molar-refractivity contribution in [2.75, 3.05) is 0 Å². The lowest BCUT2D eigenvalue weighted by molar-refractivity contribution is 1.18. The van der Waals surface area contributed by atoms with Gasteiger partial charge in [-0.1, -0.05) is 19.1 Å². The molecule has 0 bridgehead atoms. The van der Waals surface area contributed by atoms with E-state index in [0.29, 0.717) is 0 Å².